The Morgan fingerprint density at radius 1 is 1.28 bits per heavy atom. The maximum absolute atomic E-state index is 11.5. The van der Waals surface area contributed by atoms with E-state index in [2.05, 4.69) is 10.6 Å². The minimum absolute atomic E-state index is 0.121. The average Bonchev–Trinajstić information content (AvgIpc) is 2.38. The molecule has 0 aromatic heterocycles. The lowest BCUT2D eigenvalue weighted by atomic mass is 10.2. The van der Waals surface area contributed by atoms with Gasteiger partial charge in [-0.2, -0.15) is 0 Å². The molecular formula is C12H17ClN2O3. The Morgan fingerprint density at radius 3 is 2.39 bits per heavy atom. The van der Waals surface area contributed by atoms with E-state index in [0.29, 0.717) is 22.2 Å². The van der Waals surface area contributed by atoms with Gasteiger partial charge < -0.3 is 20.1 Å². The van der Waals surface area contributed by atoms with Crippen molar-refractivity contribution in [1.29, 1.82) is 0 Å². The lowest BCUT2D eigenvalue weighted by Crippen LogP contribution is -2.35. The van der Waals surface area contributed by atoms with Gasteiger partial charge in [0.1, 0.15) is 17.5 Å². The van der Waals surface area contributed by atoms with Crippen molar-refractivity contribution in [3.05, 3.63) is 17.2 Å². The van der Waals surface area contributed by atoms with Crippen LogP contribution in [0.25, 0.3) is 0 Å². The average molecular weight is 273 g/mol. The van der Waals surface area contributed by atoms with E-state index in [-0.39, 0.29) is 5.91 Å². The van der Waals surface area contributed by atoms with E-state index < -0.39 is 6.04 Å². The Labute approximate surface area is 111 Å². The molecule has 0 heterocycles. The van der Waals surface area contributed by atoms with Gasteiger partial charge in [-0.15, -0.1) is 0 Å². The predicted molar refractivity (Wildman–Crippen MR) is 71.7 cm³/mol. The highest BCUT2D eigenvalue weighted by Crippen LogP contribution is 2.36. The lowest BCUT2D eigenvalue weighted by Gasteiger charge is -2.17. The number of anilines is 1. The molecule has 6 heteroatoms. The summed E-state index contributed by atoms with van der Waals surface area (Å²) in [5.74, 6) is 0.961. The highest BCUT2D eigenvalue weighted by molar-refractivity contribution is 6.32. The SMILES string of the molecule is CNC(=O)[C@@H](C)Nc1cc(Cl)c(OC)cc1OC. The number of hydrogen-bond acceptors (Lipinski definition) is 4. The fraction of sp³-hybridized carbons (Fsp3) is 0.417. The van der Waals surface area contributed by atoms with Crippen LogP contribution in [-0.2, 0) is 4.79 Å². The van der Waals surface area contributed by atoms with Crippen LogP contribution >= 0.6 is 11.6 Å². The zero-order valence-corrected chi connectivity index (χ0v) is 11.6. The summed E-state index contributed by atoms with van der Waals surface area (Å²) in [4.78, 5) is 11.5. The zero-order chi connectivity index (χ0) is 13.7. The van der Waals surface area contributed by atoms with Crippen molar-refractivity contribution in [1.82, 2.24) is 5.32 Å². The van der Waals surface area contributed by atoms with Gasteiger partial charge in [0, 0.05) is 13.1 Å². The second-order valence-corrected chi connectivity index (χ2v) is 4.07. The summed E-state index contributed by atoms with van der Waals surface area (Å²) < 4.78 is 10.3. The topological polar surface area (TPSA) is 59.6 Å². The molecule has 0 saturated heterocycles. The first kappa shape index (κ1) is 14.4. The van der Waals surface area contributed by atoms with Crippen molar-refractivity contribution >= 4 is 23.2 Å². The minimum atomic E-state index is -0.395. The number of nitrogens with one attached hydrogen (secondary N) is 2. The van der Waals surface area contributed by atoms with Crippen LogP contribution in [-0.4, -0.2) is 33.2 Å². The van der Waals surface area contributed by atoms with Gasteiger partial charge in [0.25, 0.3) is 0 Å². The lowest BCUT2D eigenvalue weighted by molar-refractivity contribution is -0.121. The summed E-state index contributed by atoms with van der Waals surface area (Å²) >= 11 is 6.03. The Morgan fingerprint density at radius 2 is 1.89 bits per heavy atom. The largest absolute Gasteiger partial charge is 0.495 e. The van der Waals surface area contributed by atoms with E-state index in [9.17, 15) is 4.79 Å². The summed E-state index contributed by atoms with van der Waals surface area (Å²) in [7, 11) is 4.65. The summed E-state index contributed by atoms with van der Waals surface area (Å²) in [5.41, 5.74) is 0.638. The van der Waals surface area contributed by atoms with Crippen molar-refractivity contribution in [2.24, 2.45) is 0 Å². The van der Waals surface area contributed by atoms with Crippen LogP contribution < -0.4 is 20.1 Å². The predicted octanol–water partition coefficient (Wildman–Crippen LogP) is 1.90. The second kappa shape index (κ2) is 6.35. The number of halogens is 1. The van der Waals surface area contributed by atoms with Gasteiger partial charge in [0.15, 0.2) is 0 Å². The molecule has 1 rings (SSSR count). The van der Waals surface area contributed by atoms with Crippen molar-refractivity contribution in [3.8, 4) is 11.5 Å². The van der Waals surface area contributed by atoms with E-state index >= 15 is 0 Å². The molecule has 0 aliphatic rings. The van der Waals surface area contributed by atoms with Crippen LogP contribution in [0, 0.1) is 0 Å². The fourth-order valence-electron chi connectivity index (χ4n) is 1.49. The third kappa shape index (κ3) is 3.20. The zero-order valence-electron chi connectivity index (χ0n) is 10.8. The molecule has 1 amide bonds. The summed E-state index contributed by atoms with van der Waals surface area (Å²) in [5, 5.41) is 6.04. The normalized spacial score (nSPS) is 11.6. The summed E-state index contributed by atoms with van der Waals surface area (Å²) in [6, 6.07) is 2.94. The quantitative estimate of drug-likeness (QED) is 0.860. The van der Waals surface area contributed by atoms with Crippen molar-refractivity contribution in [2.75, 3.05) is 26.6 Å². The number of likely N-dealkylation sites (N-methyl/N-ethyl adjacent to an activating group) is 1. The molecule has 100 valence electrons. The van der Waals surface area contributed by atoms with Crippen molar-refractivity contribution < 1.29 is 14.3 Å². The van der Waals surface area contributed by atoms with E-state index in [4.69, 9.17) is 21.1 Å². The number of amides is 1. The maximum Gasteiger partial charge on any atom is 0.241 e. The molecule has 0 spiro atoms. The van der Waals surface area contributed by atoms with E-state index in [1.807, 2.05) is 0 Å². The van der Waals surface area contributed by atoms with Crippen LogP contribution in [0.15, 0.2) is 12.1 Å². The first-order chi connectivity index (χ1) is 8.53. The first-order valence-corrected chi connectivity index (χ1v) is 5.81. The molecular weight excluding hydrogens is 256 g/mol. The van der Waals surface area contributed by atoms with Gasteiger partial charge in [0.05, 0.1) is 24.9 Å². The number of hydrogen-bond donors (Lipinski definition) is 2. The summed E-state index contributed by atoms with van der Waals surface area (Å²) in [6.07, 6.45) is 0. The van der Waals surface area contributed by atoms with Gasteiger partial charge in [0.2, 0.25) is 5.91 Å². The van der Waals surface area contributed by atoms with Crippen LogP contribution in [0.5, 0.6) is 11.5 Å². The standard InChI is InChI=1S/C12H17ClN2O3/c1-7(12(16)14-2)15-9-5-8(13)10(17-3)6-11(9)18-4/h5-7,15H,1-4H3,(H,14,16)/t7-/m1/s1. The van der Waals surface area contributed by atoms with Crippen LogP contribution in [0.1, 0.15) is 6.92 Å². The molecule has 0 unspecified atom stereocenters. The van der Waals surface area contributed by atoms with Crippen molar-refractivity contribution in [2.45, 2.75) is 13.0 Å². The molecule has 0 radical (unpaired) electrons. The number of carbonyl (C=O) groups excluding carboxylic acids is 1. The molecule has 0 aliphatic carbocycles. The van der Waals surface area contributed by atoms with Gasteiger partial charge in [-0.1, -0.05) is 11.6 Å². The van der Waals surface area contributed by atoms with E-state index in [1.54, 1.807) is 33.2 Å². The number of carbonyl (C=O) groups is 1. The Hall–Kier alpha value is -1.62. The monoisotopic (exact) mass is 272 g/mol. The van der Waals surface area contributed by atoms with Gasteiger partial charge in [-0.3, -0.25) is 4.79 Å². The molecule has 5 nitrogen and oxygen atoms in total. The molecule has 18 heavy (non-hydrogen) atoms. The summed E-state index contributed by atoms with van der Waals surface area (Å²) in [6.45, 7) is 1.75. The smallest absolute Gasteiger partial charge is 0.241 e. The highest BCUT2D eigenvalue weighted by Gasteiger charge is 2.15. The minimum Gasteiger partial charge on any atom is -0.495 e. The third-order valence-corrected chi connectivity index (χ3v) is 2.78. The number of methoxy groups -OCH3 is 2. The molecule has 2 N–H and O–H groups in total. The fourth-order valence-corrected chi connectivity index (χ4v) is 1.73. The Bertz CT molecular complexity index is 438. The molecule has 0 saturated carbocycles. The van der Waals surface area contributed by atoms with Gasteiger partial charge >= 0.3 is 0 Å². The molecule has 0 fully saturated rings. The maximum atomic E-state index is 11.5. The number of benzene rings is 1. The van der Waals surface area contributed by atoms with Gasteiger partial charge in [-0.25, -0.2) is 0 Å². The molecule has 1 aromatic carbocycles. The highest BCUT2D eigenvalue weighted by atomic mass is 35.5. The van der Waals surface area contributed by atoms with Crippen LogP contribution in [0.3, 0.4) is 0 Å². The van der Waals surface area contributed by atoms with Crippen LogP contribution in [0.4, 0.5) is 5.69 Å². The molecule has 1 aromatic rings. The Kier molecular flexibility index (Phi) is 5.09. The van der Waals surface area contributed by atoms with Crippen molar-refractivity contribution in [3.63, 3.8) is 0 Å². The van der Waals surface area contributed by atoms with Crippen LogP contribution in [0.2, 0.25) is 5.02 Å². The molecule has 0 aliphatic heterocycles. The van der Waals surface area contributed by atoms with Gasteiger partial charge in [-0.05, 0) is 13.0 Å². The third-order valence-electron chi connectivity index (χ3n) is 2.49. The first-order valence-electron chi connectivity index (χ1n) is 5.43. The van der Waals surface area contributed by atoms with E-state index in [1.165, 1.54) is 7.11 Å². The molecule has 1 atom stereocenters. The molecule has 0 bridgehead atoms. The number of ether oxygens (including phenoxy) is 2. The Balaban J connectivity index is 3.01. The second-order valence-electron chi connectivity index (χ2n) is 3.67. The van der Waals surface area contributed by atoms with E-state index in [0.717, 1.165) is 0 Å². The number of rotatable bonds is 5.